The van der Waals surface area contributed by atoms with Crippen LogP contribution in [0.2, 0.25) is 0 Å². The fourth-order valence-electron chi connectivity index (χ4n) is 3.54. The molecule has 5 N–H and O–H groups in total. The van der Waals surface area contributed by atoms with Gasteiger partial charge in [0.25, 0.3) is 5.91 Å². The standard InChI is InChI=1S/C23H31N3O5/c1-5-31-18(22(29)26-30)17(21(28)25-19(20(24)27)23(2,3)4)13-14-10-11-15-8-6-7-9-16(15)12-14/h6-12,17-19,30H,5,13H2,1-4H3,(H2,24,27)(H,25,28)(H,26,29)/t17-,18+,19-/m1/s1. The summed E-state index contributed by atoms with van der Waals surface area (Å²) >= 11 is 0. The summed E-state index contributed by atoms with van der Waals surface area (Å²) < 4.78 is 5.52. The molecule has 8 nitrogen and oxygen atoms in total. The lowest BCUT2D eigenvalue weighted by Gasteiger charge is -2.32. The first-order valence-electron chi connectivity index (χ1n) is 10.2. The van der Waals surface area contributed by atoms with Gasteiger partial charge in [0, 0.05) is 6.61 Å². The Kier molecular flexibility index (Phi) is 8.13. The summed E-state index contributed by atoms with van der Waals surface area (Å²) in [4.78, 5) is 37.5. The molecular weight excluding hydrogens is 398 g/mol. The SMILES string of the molecule is CCO[C@H](C(=O)NO)[C@@H](Cc1ccc2ccccc2c1)C(=O)N[C@H](C(N)=O)C(C)(C)C. The fourth-order valence-corrected chi connectivity index (χ4v) is 3.54. The van der Waals surface area contributed by atoms with E-state index in [-0.39, 0.29) is 13.0 Å². The number of primary amides is 1. The largest absolute Gasteiger partial charge is 0.368 e. The number of fused-ring (bicyclic) bond motifs is 1. The van der Waals surface area contributed by atoms with E-state index in [4.69, 9.17) is 10.5 Å². The highest BCUT2D eigenvalue weighted by atomic mass is 16.5. The molecule has 0 spiro atoms. The third-order valence-electron chi connectivity index (χ3n) is 5.12. The van der Waals surface area contributed by atoms with Crippen molar-refractivity contribution >= 4 is 28.5 Å². The molecule has 0 aliphatic carbocycles. The number of nitrogens with two attached hydrogens (primary N) is 1. The van der Waals surface area contributed by atoms with Crippen molar-refractivity contribution in [1.82, 2.24) is 10.8 Å². The van der Waals surface area contributed by atoms with Crippen LogP contribution in [-0.2, 0) is 25.5 Å². The van der Waals surface area contributed by atoms with E-state index in [9.17, 15) is 19.6 Å². The molecule has 0 saturated carbocycles. The summed E-state index contributed by atoms with van der Waals surface area (Å²) in [6.45, 7) is 7.17. The Morgan fingerprint density at radius 1 is 1.06 bits per heavy atom. The van der Waals surface area contributed by atoms with E-state index in [2.05, 4.69) is 5.32 Å². The molecule has 3 atom stereocenters. The van der Waals surface area contributed by atoms with Crippen LogP contribution < -0.4 is 16.5 Å². The van der Waals surface area contributed by atoms with Crippen molar-refractivity contribution in [2.45, 2.75) is 46.3 Å². The number of benzene rings is 2. The monoisotopic (exact) mass is 429 g/mol. The van der Waals surface area contributed by atoms with Crippen molar-refractivity contribution in [2.75, 3.05) is 6.61 Å². The molecule has 0 saturated heterocycles. The number of ether oxygens (including phenoxy) is 1. The lowest BCUT2D eigenvalue weighted by atomic mass is 9.85. The van der Waals surface area contributed by atoms with Crippen LogP contribution in [0.25, 0.3) is 10.8 Å². The molecule has 0 fully saturated rings. The zero-order valence-corrected chi connectivity index (χ0v) is 18.3. The van der Waals surface area contributed by atoms with E-state index < -0.39 is 41.2 Å². The van der Waals surface area contributed by atoms with E-state index in [0.29, 0.717) is 0 Å². The second-order valence-electron chi connectivity index (χ2n) is 8.55. The average molecular weight is 430 g/mol. The minimum Gasteiger partial charge on any atom is -0.368 e. The van der Waals surface area contributed by atoms with Gasteiger partial charge >= 0.3 is 0 Å². The van der Waals surface area contributed by atoms with Gasteiger partial charge in [-0.25, -0.2) is 5.48 Å². The van der Waals surface area contributed by atoms with Gasteiger partial charge in [0.15, 0.2) is 0 Å². The van der Waals surface area contributed by atoms with Crippen LogP contribution in [0.3, 0.4) is 0 Å². The van der Waals surface area contributed by atoms with Crippen LogP contribution in [0, 0.1) is 11.3 Å². The highest BCUT2D eigenvalue weighted by molar-refractivity contribution is 5.92. The van der Waals surface area contributed by atoms with Crippen LogP contribution in [-0.4, -0.2) is 41.7 Å². The van der Waals surface area contributed by atoms with Gasteiger partial charge in [-0.3, -0.25) is 19.6 Å². The van der Waals surface area contributed by atoms with Gasteiger partial charge in [-0.05, 0) is 35.1 Å². The van der Waals surface area contributed by atoms with Crippen LogP contribution in [0.15, 0.2) is 42.5 Å². The molecule has 0 aliphatic rings. The van der Waals surface area contributed by atoms with Gasteiger partial charge in [0.05, 0.1) is 5.92 Å². The number of amides is 3. The highest BCUT2D eigenvalue weighted by Gasteiger charge is 2.38. The van der Waals surface area contributed by atoms with Gasteiger partial charge in [0.1, 0.15) is 12.1 Å². The third-order valence-corrected chi connectivity index (χ3v) is 5.12. The van der Waals surface area contributed by atoms with Crippen LogP contribution in [0.5, 0.6) is 0 Å². The summed E-state index contributed by atoms with van der Waals surface area (Å²) in [6.07, 6.45) is -1.10. The molecule has 0 heterocycles. The first kappa shape index (κ1) is 24.3. The van der Waals surface area contributed by atoms with Crippen molar-refractivity contribution in [3.05, 3.63) is 48.0 Å². The normalized spacial score (nSPS) is 14.5. The smallest absolute Gasteiger partial charge is 0.273 e. The summed E-state index contributed by atoms with van der Waals surface area (Å²) in [7, 11) is 0. The molecular formula is C23H31N3O5. The van der Waals surface area contributed by atoms with Gasteiger partial charge < -0.3 is 15.8 Å². The van der Waals surface area contributed by atoms with Crippen molar-refractivity contribution in [3.63, 3.8) is 0 Å². The molecule has 2 rings (SSSR count). The Hall–Kier alpha value is -2.97. The summed E-state index contributed by atoms with van der Waals surface area (Å²) in [5.41, 5.74) is 7.25. The first-order valence-corrected chi connectivity index (χ1v) is 10.2. The molecule has 8 heteroatoms. The predicted octanol–water partition coefficient (Wildman–Crippen LogP) is 1.93. The molecule has 0 radical (unpaired) electrons. The first-order chi connectivity index (χ1) is 14.6. The minimum atomic E-state index is -1.25. The number of carbonyl (C=O) groups excluding carboxylic acids is 3. The number of hydrogen-bond acceptors (Lipinski definition) is 5. The van der Waals surface area contributed by atoms with E-state index in [0.717, 1.165) is 16.3 Å². The van der Waals surface area contributed by atoms with Crippen LogP contribution >= 0.6 is 0 Å². The molecule has 2 aromatic carbocycles. The lowest BCUT2D eigenvalue weighted by molar-refractivity contribution is -0.151. The Bertz CT molecular complexity index is 938. The summed E-state index contributed by atoms with van der Waals surface area (Å²) in [6, 6.07) is 12.6. The number of rotatable bonds is 9. The zero-order valence-electron chi connectivity index (χ0n) is 18.3. The van der Waals surface area contributed by atoms with E-state index in [1.807, 2.05) is 42.5 Å². The topological polar surface area (TPSA) is 131 Å². The molecule has 0 aromatic heterocycles. The van der Waals surface area contributed by atoms with E-state index in [1.54, 1.807) is 33.2 Å². The highest BCUT2D eigenvalue weighted by Crippen LogP contribution is 2.23. The second-order valence-corrected chi connectivity index (χ2v) is 8.55. The van der Waals surface area contributed by atoms with E-state index in [1.165, 1.54) is 0 Å². The maximum atomic E-state index is 13.2. The summed E-state index contributed by atoms with van der Waals surface area (Å²) in [5.74, 6) is -3.08. The second kappa shape index (κ2) is 10.4. The molecule has 0 unspecified atom stereocenters. The van der Waals surface area contributed by atoms with Crippen LogP contribution in [0.1, 0.15) is 33.3 Å². The molecule has 0 bridgehead atoms. The molecule has 168 valence electrons. The number of nitrogens with one attached hydrogen (secondary N) is 2. The van der Waals surface area contributed by atoms with Gasteiger partial charge in [-0.1, -0.05) is 63.2 Å². The van der Waals surface area contributed by atoms with Crippen molar-refractivity contribution < 1.29 is 24.3 Å². The zero-order chi connectivity index (χ0) is 23.2. The maximum absolute atomic E-state index is 13.2. The third kappa shape index (κ3) is 6.26. The van der Waals surface area contributed by atoms with Gasteiger partial charge in [0.2, 0.25) is 11.8 Å². The summed E-state index contributed by atoms with van der Waals surface area (Å²) in [5, 5.41) is 13.9. The molecule has 0 aliphatic heterocycles. The van der Waals surface area contributed by atoms with Gasteiger partial charge in [-0.15, -0.1) is 0 Å². The maximum Gasteiger partial charge on any atom is 0.273 e. The minimum absolute atomic E-state index is 0.151. The lowest BCUT2D eigenvalue weighted by Crippen LogP contribution is -2.56. The molecule has 31 heavy (non-hydrogen) atoms. The van der Waals surface area contributed by atoms with E-state index >= 15 is 0 Å². The van der Waals surface area contributed by atoms with Gasteiger partial charge in [-0.2, -0.15) is 0 Å². The average Bonchev–Trinajstić information content (AvgIpc) is 2.72. The Morgan fingerprint density at radius 3 is 2.26 bits per heavy atom. The fraction of sp³-hybridized carbons (Fsp3) is 0.435. The molecule has 2 aromatic rings. The van der Waals surface area contributed by atoms with Crippen molar-refractivity contribution in [3.8, 4) is 0 Å². The Balaban J connectivity index is 2.41. The number of carbonyl (C=O) groups is 3. The Morgan fingerprint density at radius 2 is 1.71 bits per heavy atom. The van der Waals surface area contributed by atoms with Crippen LogP contribution in [0.4, 0.5) is 0 Å². The Labute approximate surface area is 182 Å². The van der Waals surface area contributed by atoms with Crippen molar-refractivity contribution in [2.24, 2.45) is 17.1 Å². The molecule has 3 amide bonds. The predicted molar refractivity (Wildman–Crippen MR) is 117 cm³/mol. The quantitative estimate of drug-likeness (QED) is 0.357. The number of hydroxylamine groups is 1. The number of hydrogen-bond donors (Lipinski definition) is 4. The van der Waals surface area contributed by atoms with Crippen molar-refractivity contribution in [1.29, 1.82) is 0 Å².